The van der Waals surface area contributed by atoms with Gasteiger partial charge in [0.2, 0.25) is 5.91 Å². The Labute approximate surface area is 271 Å². The van der Waals surface area contributed by atoms with Crippen LogP contribution in [0.3, 0.4) is 0 Å². The van der Waals surface area contributed by atoms with Crippen molar-refractivity contribution >= 4 is 13.5 Å². The first kappa shape index (κ1) is 38.8. The van der Waals surface area contributed by atoms with E-state index in [2.05, 4.69) is 12.2 Å². The first-order valence-electron chi connectivity index (χ1n) is 16.9. The van der Waals surface area contributed by atoms with E-state index in [1.807, 2.05) is 50.2 Å². The van der Waals surface area contributed by atoms with Gasteiger partial charge in [0.05, 0.1) is 25.4 Å². The molecule has 8 nitrogen and oxygen atoms in total. The molecule has 0 saturated carbocycles. The number of aryl methyl sites for hydroxylation is 2. The number of rotatable bonds is 24. The van der Waals surface area contributed by atoms with Gasteiger partial charge >= 0.3 is 7.60 Å². The minimum atomic E-state index is -4.46. The minimum Gasteiger partial charge on any atom is -0.496 e. The van der Waals surface area contributed by atoms with Crippen LogP contribution in [0.1, 0.15) is 119 Å². The van der Waals surface area contributed by atoms with Crippen LogP contribution in [-0.2, 0) is 22.4 Å². The third kappa shape index (κ3) is 16.7. The Hall–Kier alpha value is -2.38. The second kappa shape index (κ2) is 21.4. The van der Waals surface area contributed by atoms with Crippen LogP contribution in [0.5, 0.6) is 11.5 Å². The van der Waals surface area contributed by atoms with E-state index >= 15 is 0 Å². The van der Waals surface area contributed by atoms with Gasteiger partial charge in [-0.1, -0.05) is 96.1 Å². The summed E-state index contributed by atoms with van der Waals surface area (Å²) in [5.41, 5.74) is 3.93. The Bertz CT molecular complexity index is 1140. The lowest BCUT2D eigenvalue weighted by atomic mass is 10.0. The zero-order chi connectivity index (χ0) is 33.1. The molecule has 4 N–H and O–H groups in total. The molecule has 0 fully saturated rings. The van der Waals surface area contributed by atoms with Gasteiger partial charge in [-0.15, -0.1) is 0 Å². The lowest BCUT2D eigenvalue weighted by molar-refractivity contribution is -0.122. The second-order valence-corrected chi connectivity index (χ2v) is 14.2. The van der Waals surface area contributed by atoms with E-state index in [1.54, 1.807) is 7.11 Å². The standard InChI is InChI=1S/C36H58NO7P/c1-5-6-7-8-9-10-11-12-13-14-15-16-17-18-35(39)37-33(34(38)27-45(40,41)42)25-30-19-21-32(22-20-30)44-26-31-23-28(2)36(43-4)29(3)24-31/h19-24,33-34,38H,5-18,25-27H2,1-4H3,(H,37,39)(H2,40,41,42)/t33-,34+/m0/s1. The van der Waals surface area contributed by atoms with Gasteiger partial charge in [-0.2, -0.15) is 0 Å². The molecule has 9 heteroatoms. The van der Waals surface area contributed by atoms with Crippen LogP contribution >= 0.6 is 7.60 Å². The van der Waals surface area contributed by atoms with E-state index in [1.165, 1.54) is 64.2 Å². The number of amides is 1. The molecule has 0 aliphatic rings. The number of benzene rings is 2. The molecule has 1 amide bonds. The van der Waals surface area contributed by atoms with Gasteiger partial charge in [-0.25, -0.2) is 0 Å². The molecule has 2 rings (SSSR count). The maximum Gasteiger partial charge on any atom is 0.328 e. The summed E-state index contributed by atoms with van der Waals surface area (Å²) in [6, 6.07) is 10.6. The predicted octanol–water partition coefficient (Wildman–Crippen LogP) is 7.94. The van der Waals surface area contributed by atoms with Gasteiger partial charge in [0, 0.05) is 6.42 Å². The van der Waals surface area contributed by atoms with Crippen LogP contribution in [-0.4, -0.2) is 46.2 Å². The lowest BCUT2D eigenvalue weighted by Gasteiger charge is -2.25. The highest BCUT2D eigenvalue weighted by Crippen LogP contribution is 2.36. The number of aliphatic hydroxyl groups is 1. The number of hydrogen-bond acceptors (Lipinski definition) is 5. The molecule has 2 aromatic carbocycles. The van der Waals surface area contributed by atoms with Crippen LogP contribution in [0, 0.1) is 13.8 Å². The molecule has 0 bridgehead atoms. The van der Waals surface area contributed by atoms with Crippen molar-refractivity contribution in [1.29, 1.82) is 0 Å². The quantitative estimate of drug-likeness (QED) is 0.0673. The van der Waals surface area contributed by atoms with Gasteiger partial charge in [-0.3, -0.25) is 9.36 Å². The molecule has 0 aliphatic carbocycles. The SMILES string of the molecule is CCCCCCCCCCCCCCCC(=O)N[C@@H](Cc1ccc(OCc2cc(C)c(OC)c(C)c2)cc1)[C@H](O)CP(=O)(O)O. The van der Waals surface area contributed by atoms with Crippen molar-refractivity contribution in [2.75, 3.05) is 13.3 Å². The summed E-state index contributed by atoms with van der Waals surface area (Å²) in [6.07, 6.45) is 14.4. The molecule has 0 radical (unpaired) electrons. The monoisotopic (exact) mass is 647 g/mol. The van der Waals surface area contributed by atoms with Gasteiger partial charge in [0.15, 0.2) is 0 Å². The third-order valence-electron chi connectivity index (χ3n) is 8.25. The molecule has 0 aromatic heterocycles. The lowest BCUT2D eigenvalue weighted by Crippen LogP contribution is -2.46. The largest absolute Gasteiger partial charge is 0.496 e. The van der Waals surface area contributed by atoms with E-state index < -0.39 is 25.9 Å². The van der Waals surface area contributed by atoms with Crippen molar-refractivity contribution in [2.45, 2.75) is 136 Å². The van der Waals surface area contributed by atoms with E-state index in [9.17, 15) is 24.3 Å². The van der Waals surface area contributed by atoms with Gasteiger partial charge in [-0.05, 0) is 73.2 Å². The Morgan fingerprint density at radius 2 is 1.33 bits per heavy atom. The zero-order valence-electron chi connectivity index (χ0n) is 28.1. The van der Waals surface area contributed by atoms with Crippen molar-refractivity contribution in [2.24, 2.45) is 0 Å². The first-order chi connectivity index (χ1) is 21.5. The number of nitrogens with one attached hydrogen (secondary N) is 1. The summed E-state index contributed by atoms with van der Waals surface area (Å²) in [6.45, 7) is 6.64. The maximum atomic E-state index is 12.7. The number of aliphatic hydroxyl groups excluding tert-OH is 1. The van der Waals surface area contributed by atoms with Crippen molar-refractivity contribution in [3.05, 3.63) is 58.7 Å². The van der Waals surface area contributed by atoms with Crippen molar-refractivity contribution in [1.82, 2.24) is 5.32 Å². The highest BCUT2D eigenvalue weighted by molar-refractivity contribution is 7.51. The van der Waals surface area contributed by atoms with Crippen LogP contribution < -0.4 is 14.8 Å². The molecular formula is C36H58NO7P. The predicted molar refractivity (Wildman–Crippen MR) is 182 cm³/mol. The van der Waals surface area contributed by atoms with Crippen LogP contribution in [0.2, 0.25) is 0 Å². The fraction of sp³-hybridized carbons (Fsp3) is 0.639. The summed E-state index contributed by atoms with van der Waals surface area (Å²) in [4.78, 5) is 31.6. The molecule has 2 atom stereocenters. The smallest absolute Gasteiger partial charge is 0.328 e. The molecule has 0 spiro atoms. The maximum absolute atomic E-state index is 12.7. The molecule has 2 aromatic rings. The van der Waals surface area contributed by atoms with Crippen LogP contribution in [0.25, 0.3) is 0 Å². The van der Waals surface area contributed by atoms with Crippen molar-refractivity contribution in [3.63, 3.8) is 0 Å². The number of hydrogen-bond donors (Lipinski definition) is 4. The molecule has 254 valence electrons. The van der Waals surface area contributed by atoms with Crippen molar-refractivity contribution in [3.8, 4) is 11.5 Å². The highest BCUT2D eigenvalue weighted by Gasteiger charge is 2.28. The average molecular weight is 648 g/mol. The van der Waals surface area contributed by atoms with Gasteiger partial charge in [0.25, 0.3) is 0 Å². The number of unbranched alkanes of at least 4 members (excludes halogenated alkanes) is 12. The summed E-state index contributed by atoms with van der Waals surface area (Å²) >= 11 is 0. The Kier molecular flexibility index (Phi) is 18.5. The molecular weight excluding hydrogens is 589 g/mol. The second-order valence-electron chi connectivity index (χ2n) is 12.5. The highest BCUT2D eigenvalue weighted by atomic mass is 31.2. The Balaban J connectivity index is 1.78. The minimum absolute atomic E-state index is 0.210. The molecule has 0 unspecified atom stereocenters. The molecule has 0 heterocycles. The van der Waals surface area contributed by atoms with E-state index in [4.69, 9.17) is 9.47 Å². The first-order valence-corrected chi connectivity index (χ1v) is 18.7. The summed E-state index contributed by atoms with van der Waals surface area (Å²) in [7, 11) is -2.80. The Morgan fingerprint density at radius 3 is 1.82 bits per heavy atom. The van der Waals surface area contributed by atoms with Crippen LogP contribution in [0.4, 0.5) is 0 Å². The summed E-state index contributed by atoms with van der Waals surface area (Å²) in [5, 5.41) is 13.5. The average Bonchev–Trinajstić information content (AvgIpc) is 2.98. The van der Waals surface area contributed by atoms with E-state index in [0.29, 0.717) is 18.8 Å². The normalized spacial score (nSPS) is 13.0. The van der Waals surface area contributed by atoms with Crippen molar-refractivity contribution < 1.29 is 33.7 Å². The number of ether oxygens (including phenoxy) is 2. The number of carbonyl (C=O) groups excluding carboxylic acids is 1. The molecule has 0 saturated heterocycles. The molecule has 0 aliphatic heterocycles. The van der Waals surface area contributed by atoms with Crippen LogP contribution in [0.15, 0.2) is 36.4 Å². The fourth-order valence-corrected chi connectivity index (χ4v) is 6.57. The van der Waals surface area contributed by atoms with E-state index in [-0.39, 0.29) is 12.3 Å². The van der Waals surface area contributed by atoms with E-state index in [0.717, 1.165) is 47.3 Å². The topological polar surface area (TPSA) is 125 Å². The third-order valence-corrected chi connectivity index (χ3v) is 9.10. The molecule has 45 heavy (non-hydrogen) atoms. The van der Waals surface area contributed by atoms with Gasteiger partial charge in [0.1, 0.15) is 18.1 Å². The summed E-state index contributed by atoms with van der Waals surface area (Å²) < 4.78 is 23.0. The number of carbonyl (C=O) groups is 1. The zero-order valence-corrected chi connectivity index (χ0v) is 29.0. The number of methoxy groups -OCH3 is 1. The Morgan fingerprint density at radius 1 is 0.822 bits per heavy atom. The fourth-order valence-electron chi connectivity index (χ4n) is 5.82. The summed E-state index contributed by atoms with van der Waals surface area (Å²) in [5.74, 6) is 1.33. The van der Waals surface area contributed by atoms with Gasteiger partial charge < -0.3 is 29.7 Å².